The number of nitrogens with one attached hydrogen (secondary N) is 3. The van der Waals surface area contributed by atoms with Crippen LogP contribution in [-0.2, 0) is 9.59 Å². The molecule has 0 unspecified atom stereocenters. The fourth-order valence-corrected chi connectivity index (χ4v) is 3.37. The molecule has 2 heterocycles. The first-order valence-electron chi connectivity index (χ1n) is 8.82. The van der Waals surface area contributed by atoms with E-state index in [0.717, 1.165) is 37.0 Å². The SMILES string of the molecule is C=C(NNC(=O)c1ccncc1)[C@@H]1C(=O)NC(=O)N(C2CCCCC2)C1=O. The third kappa shape index (κ3) is 3.97. The largest absolute Gasteiger partial charge is 0.331 e. The van der Waals surface area contributed by atoms with Crippen LogP contribution in [0.3, 0.4) is 0 Å². The lowest BCUT2D eigenvalue weighted by molar-refractivity contribution is -0.143. The fourth-order valence-electron chi connectivity index (χ4n) is 3.37. The first kappa shape index (κ1) is 18.6. The molecule has 3 N–H and O–H groups in total. The monoisotopic (exact) mass is 371 g/mol. The van der Waals surface area contributed by atoms with Gasteiger partial charge in [-0.1, -0.05) is 25.8 Å². The van der Waals surface area contributed by atoms with Crippen molar-refractivity contribution >= 4 is 23.8 Å². The molecule has 0 aromatic carbocycles. The summed E-state index contributed by atoms with van der Waals surface area (Å²) < 4.78 is 0. The van der Waals surface area contributed by atoms with Crippen LogP contribution in [-0.4, -0.2) is 39.7 Å². The van der Waals surface area contributed by atoms with E-state index < -0.39 is 29.7 Å². The van der Waals surface area contributed by atoms with Crippen LogP contribution < -0.4 is 16.2 Å². The molecule has 1 aromatic rings. The second-order valence-corrected chi connectivity index (χ2v) is 6.57. The zero-order chi connectivity index (χ0) is 19.4. The summed E-state index contributed by atoms with van der Waals surface area (Å²) in [6, 6.07) is 2.12. The number of barbiturate groups is 1. The van der Waals surface area contributed by atoms with Crippen molar-refractivity contribution < 1.29 is 19.2 Å². The Balaban J connectivity index is 1.67. The van der Waals surface area contributed by atoms with Gasteiger partial charge in [0.05, 0.1) is 0 Å². The van der Waals surface area contributed by atoms with E-state index in [2.05, 4.69) is 27.7 Å². The van der Waals surface area contributed by atoms with Gasteiger partial charge in [-0.15, -0.1) is 0 Å². The maximum absolute atomic E-state index is 12.8. The lowest BCUT2D eigenvalue weighted by atomic mass is 9.92. The molecule has 9 nitrogen and oxygen atoms in total. The van der Waals surface area contributed by atoms with Crippen molar-refractivity contribution in [3.63, 3.8) is 0 Å². The molecule has 2 fully saturated rings. The van der Waals surface area contributed by atoms with Gasteiger partial charge in [0, 0.05) is 29.7 Å². The Bertz CT molecular complexity index is 773. The van der Waals surface area contributed by atoms with E-state index >= 15 is 0 Å². The van der Waals surface area contributed by atoms with Gasteiger partial charge >= 0.3 is 6.03 Å². The number of pyridine rings is 1. The highest BCUT2D eigenvalue weighted by Crippen LogP contribution is 2.27. The second-order valence-electron chi connectivity index (χ2n) is 6.57. The van der Waals surface area contributed by atoms with Crippen molar-refractivity contribution in [2.24, 2.45) is 5.92 Å². The first-order chi connectivity index (χ1) is 13.0. The Hall–Kier alpha value is -3.23. The Labute approximate surface area is 156 Å². The lowest BCUT2D eigenvalue weighted by Crippen LogP contribution is -2.62. The molecule has 1 saturated carbocycles. The predicted octanol–water partition coefficient (Wildman–Crippen LogP) is 0.857. The van der Waals surface area contributed by atoms with E-state index in [-0.39, 0.29) is 11.7 Å². The zero-order valence-electron chi connectivity index (χ0n) is 14.7. The summed E-state index contributed by atoms with van der Waals surface area (Å²) in [6.45, 7) is 3.69. The molecule has 1 aliphatic carbocycles. The quantitative estimate of drug-likeness (QED) is 0.521. The van der Waals surface area contributed by atoms with Crippen molar-refractivity contribution in [2.45, 2.75) is 38.1 Å². The highest BCUT2D eigenvalue weighted by molar-refractivity contribution is 6.17. The van der Waals surface area contributed by atoms with E-state index in [1.54, 1.807) is 0 Å². The molecule has 1 saturated heterocycles. The third-order valence-electron chi connectivity index (χ3n) is 4.76. The Morgan fingerprint density at radius 3 is 2.44 bits per heavy atom. The summed E-state index contributed by atoms with van der Waals surface area (Å²) in [5.41, 5.74) is 5.25. The predicted molar refractivity (Wildman–Crippen MR) is 94.7 cm³/mol. The van der Waals surface area contributed by atoms with Gasteiger partial charge in [0.2, 0.25) is 11.8 Å². The van der Waals surface area contributed by atoms with Gasteiger partial charge in [0.15, 0.2) is 5.92 Å². The number of amides is 5. The second kappa shape index (κ2) is 7.98. The maximum Gasteiger partial charge on any atom is 0.331 e. The van der Waals surface area contributed by atoms with Crippen LogP contribution in [0, 0.1) is 5.92 Å². The summed E-state index contributed by atoms with van der Waals surface area (Å²) >= 11 is 0. The topological polar surface area (TPSA) is 120 Å². The number of rotatable bonds is 5. The molecule has 5 amide bonds. The molecule has 142 valence electrons. The van der Waals surface area contributed by atoms with E-state index in [0.29, 0.717) is 5.56 Å². The molecule has 0 radical (unpaired) electrons. The summed E-state index contributed by atoms with van der Waals surface area (Å²) in [6.07, 6.45) is 7.31. The molecular weight excluding hydrogens is 350 g/mol. The Kier molecular flexibility index (Phi) is 5.49. The normalized spacial score (nSPS) is 20.8. The van der Waals surface area contributed by atoms with Gasteiger partial charge in [0.1, 0.15) is 0 Å². The zero-order valence-corrected chi connectivity index (χ0v) is 14.7. The number of hydrogen-bond acceptors (Lipinski definition) is 6. The van der Waals surface area contributed by atoms with E-state index in [9.17, 15) is 19.2 Å². The summed E-state index contributed by atoms with van der Waals surface area (Å²) in [5, 5.41) is 2.21. The van der Waals surface area contributed by atoms with Crippen molar-refractivity contribution in [2.75, 3.05) is 0 Å². The van der Waals surface area contributed by atoms with Crippen LogP contribution in [0.25, 0.3) is 0 Å². The van der Waals surface area contributed by atoms with E-state index in [4.69, 9.17) is 0 Å². The van der Waals surface area contributed by atoms with Crippen LogP contribution in [0.1, 0.15) is 42.5 Å². The van der Waals surface area contributed by atoms with Gasteiger partial charge in [-0.05, 0) is 25.0 Å². The van der Waals surface area contributed by atoms with Crippen molar-refractivity contribution in [3.8, 4) is 0 Å². The van der Waals surface area contributed by atoms with Crippen molar-refractivity contribution in [1.29, 1.82) is 0 Å². The van der Waals surface area contributed by atoms with Crippen LogP contribution in [0.2, 0.25) is 0 Å². The van der Waals surface area contributed by atoms with Crippen molar-refractivity contribution in [1.82, 2.24) is 26.1 Å². The van der Waals surface area contributed by atoms with Crippen LogP contribution >= 0.6 is 0 Å². The third-order valence-corrected chi connectivity index (χ3v) is 4.76. The molecule has 0 bridgehead atoms. The standard InChI is InChI=1S/C18H21N5O4/c1-11(21-22-15(24)12-7-9-19-10-8-12)14-16(25)20-18(27)23(17(14)26)13-5-3-2-4-6-13/h7-10,13-14,21H,1-6H2,(H,22,24)(H,20,25,27)/t14-/m1/s1. The summed E-state index contributed by atoms with van der Waals surface area (Å²) in [7, 11) is 0. The average molecular weight is 371 g/mol. The number of nitrogens with zero attached hydrogens (tertiary/aromatic N) is 2. The maximum atomic E-state index is 12.8. The minimum atomic E-state index is -1.29. The molecular formula is C18H21N5O4. The van der Waals surface area contributed by atoms with Crippen molar-refractivity contribution in [3.05, 3.63) is 42.4 Å². The van der Waals surface area contributed by atoms with Gasteiger partial charge in [-0.25, -0.2) is 4.79 Å². The van der Waals surface area contributed by atoms with Crippen LogP contribution in [0.4, 0.5) is 4.79 Å². The minimum Gasteiger partial charge on any atom is -0.302 e. The molecule has 1 aromatic heterocycles. The minimum absolute atomic E-state index is 0.00628. The molecule has 2 aliphatic rings. The van der Waals surface area contributed by atoms with Gasteiger partial charge in [-0.2, -0.15) is 0 Å². The summed E-state index contributed by atoms with van der Waals surface area (Å²) in [4.78, 5) is 54.2. The van der Waals surface area contributed by atoms with Gasteiger partial charge in [0.25, 0.3) is 5.91 Å². The fraction of sp³-hybridized carbons (Fsp3) is 0.389. The molecule has 0 spiro atoms. The van der Waals surface area contributed by atoms with E-state index in [1.807, 2.05) is 0 Å². The van der Waals surface area contributed by atoms with Crippen LogP contribution in [0.15, 0.2) is 36.8 Å². The molecule has 1 atom stereocenters. The number of imide groups is 2. The Morgan fingerprint density at radius 2 is 1.78 bits per heavy atom. The molecule has 9 heteroatoms. The molecule has 3 rings (SSSR count). The van der Waals surface area contributed by atoms with E-state index in [1.165, 1.54) is 24.5 Å². The number of carbonyl (C=O) groups is 4. The van der Waals surface area contributed by atoms with Gasteiger partial charge in [-0.3, -0.25) is 35.0 Å². The first-order valence-corrected chi connectivity index (χ1v) is 8.82. The smallest absolute Gasteiger partial charge is 0.302 e. The lowest BCUT2D eigenvalue weighted by Gasteiger charge is -2.37. The highest BCUT2D eigenvalue weighted by Gasteiger charge is 2.45. The van der Waals surface area contributed by atoms with Gasteiger partial charge < -0.3 is 5.43 Å². The highest BCUT2D eigenvalue weighted by atomic mass is 16.2. The van der Waals surface area contributed by atoms with Crippen LogP contribution in [0.5, 0.6) is 0 Å². The number of aromatic nitrogens is 1. The number of carbonyl (C=O) groups excluding carboxylic acids is 4. The number of urea groups is 1. The summed E-state index contributed by atoms with van der Waals surface area (Å²) in [5.74, 6) is -3.14. The average Bonchev–Trinajstić information content (AvgIpc) is 2.67. The molecule has 27 heavy (non-hydrogen) atoms. The molecule has 1 aliphatic heterocycles. The number of hydrogen-bond donors (Lipinski definition) is 3. The Morgan fingerprint density at radius 1 is 1.11 bits per heavy atom. The number of hydrazine groups is 1.